The van der Waals surface area contributed by atoms with Crippen molar-refractivity contribution in [2.75, 3.05) is 7.11 Å². The minimum atomic E-state index is -0.266. The molecule has 0 radical (unpaired) electrons. The molecule has 3 rings (SSSR count). The average Bonchev–Trinajstić information content (AvgIpc) is 3.04. The highest BCUT2D eigenvalue weighted by Gasteiger charge is 2.36. The summed E-state index contributed by atoms with van der Waals surface area (Å²) in [6, 6.07) is 7.22. The van der Waals surface area contributed by atoms with Crippen molar-refractivity contribution < 1.29 is 14.6 Å². The Morgan fingerprint density at radius 3 is 2.82 bits per heavy atom. The fourth-order valence-electron chi connectivity index (χ4n) is 2.69. The summed E-state index contributed by atoms with van der Waals surface area (Å²) in [4.78, 5) is 17.2. The van der Waals surface area contributed by atoms with E-state index in [9.17, 15) is 9.90 Å². The molecule has 22 heavy (non-hydrogen) atoms. The molecule has 1 fully saturated rings. The van der Waals surface area contributed by atoms with Gasteiger partial charge in [0, 0.05) is 12.3 Å². The highest BCUT2D eigenvalue weighted by Crippen LogP contribution is 2.38. The molecule has 2 N–H and O–H groups in total. The summed E-state index contributed by atoms with van der Waals surface area (Å²) in [6.45, 7) is 0. The number of pyridine rings is 1. The monoisotopic (exact) mass is 318 g/mol. The first-order chi connectivity index (χ1) is 10.7. The van der Waals surface area contributed by atoms with Crippen LogP contribution in [0.15, 0.2) is 35.8 Å². The maximum atomic E-state index is 12.3. The summed E-state index contributed by atoms with van der Waals surface area (Å²) in [5.74, 6) is 0.687. The van der Waals surface area contributed by atoms with Crippen molar-refractivity contribution >= 4 is 17.2 Å². The molecule has 6 heteroatoms. The number of aromatic nitrogens is 1. The molecule has 2 aromatic heterocycles. The third-order valence-corrected chi connectivity index (χ3v) is 4.85. The molecule has 0 unspecified atom stereocenters. The highest BCUT2D eigenvalue weighted by atomic mass is 32.1. The molecule has 1 aliphatic rings. The van der Waals surface area contributed by atoms with Gasteiger partial charge in [-0.05, 0) is 35.8 Å². The van der Waals surface area contributed by atoms with Crippen LogP contribution >= 0.6 is 11.3 Å². The number of methoxy groups -OCH3 is 1. The van der Waals surface area contributed by atoms with E-state index in [0.29, 0.717) is 23.6 Å². The molecule has 1 saturated carbocycles. The van der Waals surface area contributed by atoms with Crippen LogP contribution in [0.4, 0.5) is 0 Å². The van der Waals surface area contributed by atoms with Crippen molar-refractivity contribution in [2.24, 2.45) is 5.92 Å². The van der Waals surface area contributed by atoms with E-state index in [0.717, 1.165) is 5.56 Å². The lowest BCUT2D eigenvalue weighted by Gasteiger charge is -2.38. The number of nitrogens with one attached hydrogen (secondary N) is 1. The van der Waals surface area contributed by atoms with Gasteiger partial charge in [0.25, 0.3) is 5.91 Å². The van der Waals surface area contributed by atoms with Crippen molar-refractivity contribution in [3.05, 3.63) is 46.3 Å². The summed E-state index contributed by atoms with van der Waals surface area (Å²) in [6.07, 6.45) is 2.85. The number of aliphatic hydroxyl groups is 1. The van der Waals surface area contributed by atoms with E-state index in [1.54, 1.807) is 25.4 Å². The summed E-state index contributed by atoms with van der Waals surface area (Å²) in [5.41, 5.74) is 0.933. The number of rotatable bonds is 5. The second-order valence-corrected chi connectivity index (χ2v) is 6.40. The first-order valence-electron chi connectivity index (χ1n) is 7.19. The molecule has 5 nitrogen and oxygen atoms in total. The molecule has 1 aliphatic carbocycles. The summed E-state index contributed by atoms with van der Waals surface area (Å²) in [7, 11) is 1.57. The number of thiophene rings is 1. The van der Waals surface area contributed by atoms with Gasteiger partial charge in [-0.15, -0.1) is 11.3 Å². The van der Waals surface area contributed by atoms with E-state index >= 15 is 0 Å². The number of hydrogen-bond acceptors (Lipinski definition) is 5. The zero-order valence-electron chi connectivity index (χ0n) is 12.2. The average molecular weight is 318 g/mol. The Balaban J connectivity index is 1.78. The van der Waals surface area contributed by atoms with Crippen LogP contribution in [-0.2, 0) is 0 Å². The summed E-state index contributed by atoms with van der Waals surface area (Å²) in [5, 5.41) is 14.5. The zero-order valence-corrected chi connectivity index (χ0v) is 13.0. The Kier molecular flexibility index (Phi) is 4.40. The fourth-order valence-corrected chi connectivity index (χ4v) is 3.32. The molecule has 0 spiro atoms. The Bertz CT molecular complexity index is 621. The molecule has 1 atom stereocenters. The van der Waals surface area contributed by atoms with Gasteiger partial charge in [-0.1, -0.05) is 12.1 Å². The number of amides is 1. The largest absolute Gasteiger partial charge is 0.481 e. The fraction of sp³-hybridized carbons (Fsp3) is 0.375. The molecule has 1 amide bonds. The number of hydrogen-bond donors (Lipinski definition) is 2. The molecular formula is C16H18N2O3S. The van der Waals surface area contributed by atoms with Crippen molar-refractivity contribution in [3.8, 4) is 5.88 Å². The Morgan fingerprint density at radius 1 is 1.45 bits per heavy atom. The lowest BCUT2D eigenvalue weighted by Crippen LogP contribution is -2.41. The van der Waals surface area contributed by atoms with Gasteiger partial charge in [-0.3, -0.25) is 4.79 Å². The van der Waals surface area contributed by atoms with E-state index < -0.39 is 0 Å². The summed E-state index contributed by atoms with van der Waals surface area (Å²) < 4.78 is 5.07. The Morgan fingerprint density at radius 2 is 2.27 bits per heavy atom. The third-order valence-electron chi connectivity index (χ3n) is 3.98. The van der Waals surface area contributed by atoms with Gasteiger partial charge in [-0.2, -0.15) is 0 Å². The van der Waals surface area contributed by atoms with Crippen molar-refractivity contribution in [2.45, 2.75) is 25.0 Å². The smallest absolute Gasteiger partial charge is 0.261 e. The van der Waals surface area contributed by atoms with Crippen LogP contribution in [0, 0.1) is 5.92 Å². The minimum Gasteiger partial charge on any atom is -0.481 e. The number of carbonyl (C=O) groups excluding carboxylic acids is 1. The van der Waals surface area contributed by atoms with E-state index in [2.05, 4.69) is 10.3 Å². The maximum Gasteiger partial charge on any atom is 0.261 e. The lowest BCUT2D eigenvalue weighted by molar-refractivity contribution is 0.0235. The minimum absolute atomic E-state index is 0.0859. The molecule has 0 bridgehead atoms. The molecular weight excluding hydrogens is 300 g/mol. The topological polar surface area (TPSA) is 71.5 Å². The van der Waals surface area contributed by atoms with Gasteiger partial charge in [-0.25, -0.2) is 4.98 Å². The molecule has 2 heterocycles. The van der Waals surface area contributed by atoms with Crippen molar-refractivity contribution in [1.29, 1.82) is 0 Å². The Labute approximate surface area is 133 Å². The third kappa shape index (κ3) is 3.13. The first-order valence-corrected chi connectivity index (χ1v) is 8.07. The van der Waals surface area contributed by atoms with Gasteiger partial charge in [0.15, 0.2) is 0 Å². The molecule has 0 aliphatic heterocycles. The Hall–Kier alpha value is -1.92. The number of aliphatic hydroxyl groups excluding tert-OH is 1. The van der Waals surface area contributed by atoms with Crippen molar-refractivity contribution in [3.63, 3.8) is 0 Å². The van der Waals surface area contributed by atoms with E-state index in [4.69, 9.17) is 4.74 Å². The number of carbonyl (C=O) groups is 1. The quantitative estimate of drug-likeness (QED) is 0.888. The second-order valence-electron chi connectivity index (χ2n) is 5.45. The van der Waals surface area contributed by atoms with E-state index in [-0.39, 0.29) is 24.0 Å². The molecule has 0 aromatic carbocycles. The van der Waals surface area contributed by atoms with Crippen LogP contribution in [0.3, 0.4) is 0 Å². The van der Waals surface area contributed by atoms with Gasteiger partial charge in [0.2, 0.25) is 5.88 Å². The van der Waals surface area contributed by atoms with E-state index in [1.165, 1.54) is 11.3 Å². The molecule has 116 valence electrons. The van der Waals surface area contributed by atoms with Crippen LogP contribution in [0.25, 0.3) is 0 Å². The van der Waals surface area contributed by atoms with Gasteiger partial charge >= 0.3 is 0 Å². The van der Waals surface area contributed by atoms with Gasteiger partial charge in [0.05, 0.1) is 24.1 Å². The first kappa shape index (κ1) is 15.0. The number of nitrogens with zero attached hydrogens (tertiary/aromatic N) is 1. The van der Waals surface area contributed by atoms with Crippen LogP contribution in [0.2, 0.25) is 0 Å². The SMILES string of the molecule is COc1ccc([C@@H](NC(=O)c2cccs2)C2CC(O)C2)cn1. The lowest BCUT2D eigenvalue weighted by atomic mass is 9.75. The molecule has 0 saturated heterocycles. The van der Waals surface area contributed by atoms with Crippen LogP contribution in [0.1, 0.15) is 34.1 Å². The predicted molar refractivity (Wildman–Crippen MR) is 84.0 cm³/mol. The normalized spacial score (nSPS) is 21.7. The second kappa shape index (κ2) is 6.46. The van der Waals surface area contributed by atoms with Crippen molar-refractivity contribution in [1.82, 2.24) is 10.3 Å². The zero-order chi connectivity index (χ0) is 15.5. The summed E-state index contributed by atoms with van der Waals surface area (Å²) >= 11 is 1.42. The van der Waals surface area contributed by atoms with Crippen LogP contribution < -0.4 is 10.1 Å². The maximum absolute atomic E-state index is 12.3. The standard InChI is InChI=1S/C16H18N2O3S/c1-21-14-5-4-10(9-17-14)15(11-7-12(19)8-11)18-16(20)13-3-2-6-22-13/h2-6,9,11-12,15,19H,7-8H2,1H3,(H,18,20)/t11?,12?,15-/m1/s1. The molecule has 2 aromatic rings. The van der Waals surface area contributed by atoms with Crippen LogP contribution in [0.5, 0.6) is 5.88 Å². The number of ether oxygens (including phenoxy) is 1. The van der Waals surface area contributed by atoms with E-state index in [1.807, 2.05) is 17.5 Å². The van der Waals surface area contributed by atoms with Gasteiger partial charge in [0.1, 0.15) is 0 Å². The van der Waals surface area contributed by atoms with Crippen LogP contribution in [-0.4, -0.2) is 29.2 Å². The van der Waals surface area contributed by atoms with Gasteiger partial charge < -0.3 is 15.2 Å². The highest BCUT2D eigenvalue weighted by molar-refractivity contribution is 7.12. The predicted octanol–water partition coefficient (Wildman–Crippen LogP) is 2.39.